The Morgan fingerprint density at radius 1 is 1.21 bits per heavy atom. The number of amides is 2. The van der Waals surface area contributed by atoms with Crippen molar-refractivity contribution in [3.05, 3.63) is 24.3 Å². The van der Waals surface area contributed by atoms with Crippen LogP contribution in [0, 0.1) is 0 Å². The summed E-state index contributed by atoms with van der Waals surface area (Å²) in [6.45, 7) is 0. The molecule has 102 valence electrons. The Balaban J connectivity index is 1.90. The molecule has 0 spiro atoms. The minimum Gasteiger partial charge on any atom is -0.497 e. The second kappa shape index (κ2) is 6.22. The predicted octanol–water partition coefficient (Wildman–Crippen LogP) is 1.69. The molecule has 5 heteroatoms. The molecule has 1 aromatic carbocycles. The topological polar surface area (TPSA) is 67.4 Å². The van der Waals surface area contributed by atoms with Crippen LogP contribution in [0.2, 0.25) is 0 Å². The predicted molar refractivity (Wildman–Crippen MR) is 72.0 cm³/mol. The second-order valence-corrected chi connectivity index (χ2v) is 4.64. The van der Waals surface area contributed by atoms with E-state index in [0.717, 1.165) is 25.7 Å². The van der Waals surface area contributed by atoms with Gasteiger partial charge in [0.25, 0.3) is 0 Å². The third-order valence-electron chi connectivity index (χ3n) is 3.22. The zero-order chi connectivity index (χ0) is 13.7. The average Bonchev–Trinajstić information content (AvgIpc) is 2.91. The van der Waals surface area contributed by atoms with E-state index in [1.807, 2.05) is 0 Å². The van der Waals surface area contributed by atoms with E-state index in [1.165, 1.54) is 0 Å². The molecule has 0 heterocycles. The average molecular weight is 262 g/mol. The van der Waals surface area contributed by atoms with Crippen molar-refractivity contribution in [3.63, 3.8) is 0 Å². The van der Waals surface area contributed by atoms with Gasteiger partial charge in [-0.3, -0.25) is 9.59 Å². The lowest BCUT2D eigenvalue weighted by Gasteiger charge is -2.12. The van der Waals surface area contributed by atoms with Crippen LogP contribution < -0.4 is 15.4 Å². The standard InChI is InChI=1S/C14H18N2O3/c1-19-12-8-4-7-11(9-12)16-14(18)13(17)15-10-5-2-3-6-10/h4,7-10H,2-3,5-6H2,1H3,(H,15,17)(H,16,18). The number of rotatable bonds is 3. The molecule has 0 aliphatic heterocycles. The number of ether oxygens (including phenoxy) is 1. The van der Waals surface area contributed by atoms with Gasteiger partial charge < -0.3 is 15.4 Å². The SMILES string of the molecule is COc1cccc(NC(=O)C(=O)NC2CCCC2)c1. The van der Waals surface area contributed by atoms with E-state index < -0.39 is 11.8 Å². The van der Waals surface area contributed by atoms with Crippen LogP contribution in [0.3, 0.4) is 0 Å². The maximum Gasteiger partial charge on any atom is 0.313 e. The molecule has 2 rings (SSSR count). The van der Waals surface area contributed by atoms with E-state index in [4.69, 9.17) is 4.74 Å². The summed E-state index contributed by atoms with van der Waals surface area (Å²) in [4.78, 5) is 23.4. The Hall–Kier alpha value is -2.04. The molecule has 0 aromatic heterocycles. The first-order valence-electron chi connectivity index (χ1n) is 6.45. The fraction of sp³-hybridized carbons (Fsp3) is 0.429. The lowest BCUT2D eigenvalue weighted by atomic mass is 10.2. The van der Waals surface area contributed by atoms with Gasteiger partial charge in [-0.2, -0.15) is 0 Å². The van der Waals surface area contributed by atoms with Gasteiger partial charge in [0.1, 0.15) is 5.75 Å². The fourth-order valence-electron chi connectivity index (χ4n) is 2.21. The molecule has 1 aromatic rings. The lowest BCUT2D eigenvalue weighted by molar-refractivity contribution is -0.136. The molecule has 0 bridgehead atoms. The molecule has 19 heavy (non-hydrogen) atoms. The van der Waals surface area contributed by atoms with Crippen LogP contribution >= 0.6 is 0 Å². The molecule has 2 N–H and O–H groups in total. The first-order chi connectivity index (χ1) is 9.19. The Labute approximate surface area is 112 Å². The van der Waals surface area contributed by atoms with E-state index in [1.54, 1.807) is 31.4 Å². The van der Waals surface area contributed by atoms with Crippen LogP contribution in [0.1, 0.15) is 25.7 Å². The van der Waals surface area contributed by atoms with Crippen LogP contribution in [-0.2, 0) is 9.59 Å². The molecule has 0 unspecified atom stereocenters. The van der Waals surface area contributed by atoms with Gasteiger partial charge in [0.05, 0.1) is 7.11 Å². The highest BCUT2D eigenvalue weighted by Crippen LogP contribution is 2.18. The molecule has 5 nitrogen and oxygen atoms in total. The van der Waals surface area contributed by atoms with E-state index in [2.05, 4.69) is 10.6 Å². The van der Waals surface area contributed by atoms with Crippen LogP contribution in [-0.4, -0.2) is 25.0 Å². The minimum atomic E-state index is -0.639. The van der Waals surface area contributed by atoms with Crippen LogP contribution in [0.4, 0.5) is 5.69 Å². The highest BCUT2D eigenvalue weighted by atomic mass is 16.5. The van der Waals surface area contributed by atoms with Crippen LogP contribution in [0.15, 0.2) is 24.3 Å². The first-order valence-corrected chi connectivity index (χ1v) is 6.45. The Bertz CT molecular complexity index is 468. The monoisotopic (exact) mass is 262 g/mol. The number of methoxy groups -OCH3 is 1. The fourth-order valence-corrected chi connectivity index (χ4v) is 2.21. The molecule has 0 saturated heterocycles. The molecule has 0 atom stereocenters. The summed E-state index contributed by atoms with van der Waals surface area (Å²) in [7, 11) is 1.55. The van der Waals surface area contributed by atoms with Crippen molar-refractivity contribution < 1.29 is 14.3 Å². The number of hydrogen-bond acceptors (Lipinski definition) is 3. The van der Waals surface area contributed by atoms with Crippen LogP contribution in [0.25, 0.3) is 0 Å². The number of benzene rings is 1. The third-order valence-corrected chi connectivity index (χ3v) is 3.22. The highest BCUT2D eigenvalue weighted by Gasteiger charge is 2.21. The largest absolute Gasteiger partial charge is 0.497 e. The van der Waals surface area contributed by atoms with E-state index in [-0.39, 0.29) is 6.04 Å². The molecule has 2 amide bonds. The Morgan fingerprint density at radius 2 is 1.95 bits per heavy atom. The van der Waals surface area contributed by atoms with Gasteiger partial charge in [0, 0.05) is 17.8 Å². The zero-order valence-electron chi connectivity index (χ0n) is 10.9. The Kier molecular flexibility index (Phi) is 4.39. The van der Waals surface area contributed by atoms with Gasteiger partial charge in [-0.15, -0.1) is 0 Å². The van der Waals surface area contributed by atoms with Gasteiger partial charge in [-0.1, -0.05) is 18.9 Å². The number of carbonyl (C=O) groups excluding carboxylic acids is 2. The van der Waals surface area contributed by atoms with Crippen molar-refractivity contribution in [1.82, 2.24) is 5.32 Å². The van der Waals surface area contributed by atoms with Crippen molar-refractivity contribution in [2.24, 2.45) is 0 Å². The number of carbonyl (C=O) groups is 2. The summed E-state index contributed by atoms with van der Waals surface area (Å²) in [5.74, 6) is -0.580. The van der Waals surface area contributed by atoms with E-state index in [0.29, 0.717) is 11.4 Å². The number of hydrogen-bond donors (Lipinski definition) is 2. The van der Waals surface area contributed by atoms with Gasteiger partial charge in [0.15, 0.2) is 0 Å². The van der Waals surface area contributed by atoms with Crippen LogP contribution in [0.5, 0.6) is 5.75 Å². The second-order valence-electron chi connectivity index (χ2n) is 4.64. The molecule has 1 aliphatic rings. The van der Waals surface area contributed by atoms with Crippen molar-refractivity contribution in [2.45, 2.75) is 31.7 Å². The normalized spacial score (nSPS) is 15.0. The molecular weight excluding hydrogens is 244 g/mol. The molecule has 0 radical (unpaired) electrons. The highest BCUT2D eigenvalue weighted by molar-refractivity contribution is 6.39. The lowest BCUT2D eigenvalue weighted by Crippen LogP contribution is -2.40. The zero-order valence-corrected chi connectivity index (χ0v) is 10.9. The van der Waals surface area contributed by atoms with Gasteiger partial charge in [-0.05, 0) is 25.0 Å². The minimum absolute atomic E-state index is 0.142. The smallest absolute Gasteiger partial charge is 0.313 e. The summed E-state index contributed by atoms with van der Waals surface area (Å²) in [6.07, 6.45) is 4.14. The number of anilines is 1. The quantitative estimate of drug-likeness (QED) is 0.815. The number of nitrogens with one attached hydrogen (secondary N) is 2. The molecule has 1 aliphatic carbocycles. The summed E-state index contributed by atoms with van der Waals surface area (Å²) >= 11 is 0. The van der Waals surface area contributed by atoms with Gasteiger partial charge in [0.2, 0.25) is 0 Å². The summed E-state index contributed by atoms with van der Waals surface area (Å²) in [6, 6.07) is 7.05. The maximum atomic E-state index is 11.7. The molecule has 1 saturated carbocycles. The Morgan fingerprint density at radius 3 is 2.63 bits per heavy atom. The van der Waals surface area contributed by atoms with Crippen molar-refractivity contribution in [3.8, 4) is 5.75 Å². The van der Waals surface area contributed by atoms with Crippen molar-refractivity contribution >= 4 is 17.5 Å². The molecular formula is C14H18N2O3. The first kappa shape index (κ1) is 13.4. The summed E-state index contributed by atoms with van der Waals surface area (Å²) < 4.78 is 5.05. The van der Waals surface area contributed by atoms with E-state index in [9.17, 15) is 9.59 Å². The summed E-state index contributed by atoms with van der Waals surface area (Å²) in [5, 5.41) is 5.30. The molecule has 1 fully saturated rings. The van der Waals surface area contributed by atoms with E-state index >= 15 is 0 Å². The van der Waals surface area contributed by atoms with Crippen molar-refractivity contribution in [1.29, 1.82) is 0 Å². The summed E-state index contributed by atoms with van der Waals surface area (Å²) in [5.41, 5.74) is 0.547. The van der Waals surface area contributed by atoms with Gasteiger partial charge in [-0.25, -0.2) is 0 Å². The van der Waals surface area contributed by atoms with Gasteiger partial charge >= 0.3 is 11.8 Å². The third kappa shape index (κ3) is 3.71. The van der Waals surface area contributed by atoms with Crippen molar-refractivity contribution in [2.75, 3.05) is 12.4 Å². The maximum absolute atomic E-state index is 11.7.